The Hall–Kier alpha value is -1.26. The SMILES string of the molecule is C[C@@H](CO)N1CC(CN=[N+]=[N-])CC1=O. The van der Waals surface area contributed by atoms with Crippen molar-refractivity contribution < 1.29 is 9.90 Å². The zero-order chi connectivity index (χ0) is 10.6. The molecule has 0 spiro atoms. The summed E-state index contributed by atoms with van der Waals surface area (Å²) in [6.07, 6.45) is 0.420. The highest BCUT2D eigenvalue weighted by molar-refractivity contribution is 5.79. The predicted molar refractivity (Wildman–Crippen MR) is 50.4 cm³/mol. The Morgan fingerprint density at radius 1 is 1.86 bits per heavy atom. The minimum absolute atomic E-state index is 0.0278. The standard InChI is InChI=1S/C8H14N4O2/c1-6(5-13)12-4-7(2-8(12)14)3-10-11-9/h6-7,13H,2-5H2,1H3/t6-,7?/m0/s1. The zero-order valence-electron chi connectivity index (χ0n) is 8.13. The van der Waals surface area contributed by atoms with Crippen molar-refractivity contribution in [1.29, 1.82) is 0 Å². The van der Waals surface area contributed by atoms with Gasteiger partial charge in [-0.1, -0.05) is 5.11 Å². The third kappa shape index (κ3) is 2.37. The third-order valence-electron chi connectivity index (χ3n) is 2.44. The van der Waals surface area contributed by atoms with E-state index in [9.17, 15) is 4.79 Å². The van der Waals surface area contributed by atoms with E-state index in [4.69, 9.17) is 10.6 Å². The number of azide groups is 1. The molecule has 1 aliphatic rings. The van der Waals surface area contributed by atoms with Crippen molar-refractivity contribution in [3.05, 3.63) is 10.4 Å². The molecule has 14 heavy (non-hydrogen) atoms. The molecule has 1 saturated heterocycles. The molecular weight excluding hydrogens is 184 g/mol. The summed E-state index contributed by atoms with van der Waals surface area (Å²) in [5, 5.41) is 12.3. The van der Waals surface area contributed by atoms with Gasteiger partial charge in [0.1, 0.15) is 0 Å². The molecule has 0 aromatic carbocycles. The molecule has 0 aromatic rings. The van der Waals surface area contributed by atoms with Gasteiger partial charge in [0.15, 0.2) is 0 Å². The lowest BCUT2D eigenvalue weighted by Crippen LogP contribution is -2.36. The second-order valence-corrected chi connectivity index (χ2v) is 3.56. The van der Waals surface area contributed by atoms with Crippen LogP contribution in [-0.2, 0) is 4.79 Å². The van der Waals surface area contributed by atoms with Crippen LogP contribution < -0.4 is 0 Å². The fraction of sp³-hybridized carbons (Fsp3) is 0.875. The van der Waals surface area contributed by atoms with Gasteiger partial charge in [-0.25, -0.2) is 0 Å². The van der Waals surface area contributed by atoms with Gasteiger partial charge in [-0.15, -0.1) is 0 Å². The summed E-state index contributed by atoms with van der Waals surface area (Å²) in [4.78, 5) is 15.7. The van der Waals surface area contributed by atoms with Crippen LogP contribution in [0, 0.1) is 5.92 Å². The summed E-state index contributed by atoms with van der Waals surface area (Å²) < 4.78 is 0. The number of rotatable bonds is 4. The van der Waals surface area contributed by atoms with E-state index in [-0.39, 0.29) is 24.5 Å². The molecule has 0 aromatic heterocycles. The quantitative estimate of drug-likeness (QED) is 0.405. The fourth-order valence-corrected chi connectivity index (χ4v) is 1.61. The lowest BCUT2D eigenvalue weighted by molar-refractivity contribution is -0.130. The number of carbonyl (C=O) groups is 1. The van der Waals surface area contributed by atoms with Gasteiger partial charge in [-0.05, 0) is 18.4 Å². The lowest BCUT2D eigenvalue weighted by Gasteiger charge is -2.22. The molecule has 6 heteroatoms. The minimum atomic E-state index is -0.140. The van der Waals surface area contributed by atoms with Gasteiger partial charge in [0.25, 0.3) is 0 Å². The van der Waals surface area contributed by atoms with Crippen LogP contribution in [0.15, 0.2) is 5.11 Å². The molecule has 0 aliphatic carbocycles. The number of carbonyl (C=O) groups excluding carboxylic acids is 1. The zero-order valence-corrected chi connectivity index (χ0v) is 8.13. The molecular formula is C8H14N4O2. The van der Waals surface area contributed by atoms with Gasteiger partial charge in [0.05, 0.1) is 12.6 Å². The molecule has 6 nitrogen and oxygen atoms in total. The Morgan fingerprint density at radius 2 is 2.57 bits per heavy atom. The Bertz CT molecular complexity index is 262. The molecule has 0 bridgehead atoms. The molecule has 0 radical (unpaired) electrons. The molecule has 1 aliphatic heterocycles. The molecule has 1 rings (SSSR count). The van der Waals surface area contributed by atoms with Crippen LogP contribution in [0.1, 0.15) is 13.3 Å². The number of hydrogen-bond donors (Lipinski definition) is 1. The molecule has 1 amide bonds. The van der Waals surface area contributed by atoms with E-state index >= 15 is 0 Å². The summed E-state index contributed by atoms with van der Waals surface area (Å²) >= 11 is 0. The monoisotopic (exact) mass is 198 g/mol. The number of nitrogens with zero attached hydrogens (tertiary/aromatic N) is 4. The average molecular weight is 198 g/mol. The largest absolute Gasteiger partial charge is 0.394 e. The smallest absolute Gasteiger partial charge is 0.223 e. The highest BCUT2D eigenvalue weighted by atomic mass is 16.3. The molecule has 1 fully saturated rings. The van der Waals surface area contributed by atoms with Crippen LogP contribution >= 0.6 is 0 Å². The maximum absolute atomic E-state index is 11.4. The van der Waals surface area contributed by atoms with Crippen LogP contribution in [0.3, 0.4) is 0 Å². The number of likely N-dealkylation sites (tertiary alicyclic amines) is 1. The number of aliphatic hydroxyl groups is 1. The van der Waals surface area contributed by atoms with Crippen molar-refractivity contribution in [3.8, 4) is 0 Å². The minimum Gasteiger partial charge on any atom is -0.394 e. The first kappa shape index (κ1) is 10.8. The van der Waals surface area contributed by atoms with Gasteiger partial charge < -0.3 is 10.0 Å². The maximum atomic E-state index is 11.4. The summed E-state index contributed by atoms with van der Waals surface area (Å²) in [5.41, 5.74) is 8.13. The Kier molecular flexibility index (Phi) is 3.73. The Labute approximate surface area is 82.1 Å². The predicted octanol–water partition coefficient (Wildman–Crippen LogP) is 0.526. The van der Waals surface area contributed by atoms with Gasteiger partial charge in [-0.2, -0.15) is 0 Å². The van der Waals surface area contributed by atoms with Gasteiger partial charge in [-0.3, -0.25) is 4.79 Å². The number of hydrogen-bond acceptors (Lipinski definition) is 3. The molecule has 78 valence electrons. The van der Waals surface area contributed by atoms with E-state index in [2.05, 4.69) is 10.0 Å². The summed E-state index contributed by atoms with van der Waals surface area (Å²) in [6.45, 7) is 2.71. The highest BCUT2D eigenvalue weighted by Gasteiger charge is 2.31. The Morgan fingerprint density at radius 3 is 3.14 bits per heavy atom. The molecule has 1 N–H and O–H groups in total. The fourth-order valence-electron chi connectivity index (χ4n) is 1.61. The van der Waals surface area contributed by atoms with Gasteiger partial charge >= 0.3 is 0 Å². The van der Waals surface area contributed by atoms with Crippen LogP contribution in [0.2, 0.25) is 0 Å². The van der Waals surface area contributed by atoms with E-state index in [1.165, 1.54) is 0 Å². The number of aliphatic hydroxyl groups excluding tert-OH is 1. The van der Waals surface area contributed by atoms with Crippen molar-refractivity contribution in [2.75, 3.05) is 19.7 Å². The topological polar surface area (TPSA) is 89.3 Å². The summed E-state index contributed by atoms with van der Waals surface area (Å²) in [7, 11) is 0. The second kappa shape index (κ2) is 4.83. The summed E-state index contributed by atoms with van der Waals surface area (Å²) in [6, 6.07) is -0.140. The van der Waals surface area contributed by atoms with Gasteiger partial charge in [0, 0.05) is 24.4 Å². The lowest BCUT2D eigenvalue weighted by atomic mass is 10.1. The molecule has 0 saturated carbocycles. The van der Waals surface area contributed by atoms with E-state index in [0.717, 1.165) is 0 Å². The van der Waals surface area contributed by atoms with E-state index in [1.807, 2.05) is 0 Å². The van der Waals surface area contributed by atoms with Crippen molar-refractivity contribution in [2.24, 2.45) is 11.0 Å². The maximum Gasteiger partial charge on any atom is 0.223 e. The first-order chi connectivity index (χ1) is 6.69. The van der Waals surface area contributed by atoms with Crippen LogP contribution in [0.4, 0.5) is 0 Å². The molecule has 1 unspecified atom stereocenters. The van der Waals surface area contributed by atoms with Crippen molar-refractivity contribution in [1.82, 2.24) is 4.90 Å². The molecule has 1 heterocycles. The van der Waals surface area contributed by atoms with E-state index in [1.54, 1.807) is 11.8 Å². The molecule has 2 atom stereocenters. The van der Waals surface area contributed by atoms with Crippen molar-refractivity contribution >= 4 is 5.91 Å². The van der Waals surface area contributed by atoms with Crippen molar-refractivity contribution in [2.45, 2.75) is 19.4 Å². The first-order valence-electron chi connectivity index (χ1n) is 4.60. The van der Waals surface area contributed by atoms with Crippen LogP contribution in [0.5, 0.6) is 0 Å². The van der Waals surface area contributed by atoms with Crippen molar-refractivity contribution in [3.63, 3.8) is 0 Å². The van der Waals surface area contributed by atoms with Crippen LogP contribution in [0.25, 0.3) is 10.4 Å². The van der Waals surface area contributed by atoms with E-state index < -0.39 is 0 Å². The van der Waals surface area contributed by atoms with Gasteiger partial charge in [0.2, 0.25) is 5.91 Å². The van der Waals surface area contributed by atoms with E-state index in [0.29, 0.717) is 19.5 Å². The highest BCUT2D eigenvalue weighted by Crippen LogP contribution is 2.20. The Balaban J connectivity index is 2.51. The average Bonchev–Trinajstić information content (AvgIpc) is 2.55. The normalized spacial score (nSPS) is 23.4. The number of amides is 1. The van der Waals surface area contributed by atoms with Crippen LogP contribution in [-0.4, -0.2) is 41.7 Å². The first-order valence-corrected chi connectivity index (χ1v) is 4.60. The second-order valence-electron chi connectivity index (χ2n) is 3.56. The summed E-state index contributed by atoms with van der Waals surface area (Å²) in [5.74, 6) is 0.136. The third-order valence-corrected chi connectivity index (χ3v) is 2.44.